The SMILES string of the molecule is N#CCNC(=O)CN1CCC(=O)CC1. The van der Waals surface area contributed by atoms with Gasteiger partial charge in [-0.25, -0.2) is 0 Å². The lowest BCUT2D eigenvalue weighted by Gasteiger charge is -2.24. The fourth-order valence-electron chi connectivity index (χ4n) is 1.36. The first-order valence-electron chi connectivity index (χ1n) is 4.60. The van der Waals surface area contributed by atoms with Crippen molar-refractivity contribution in [1.82, 2.24) is 10.2 Å². The first-order chi connectivity index (χ1) is 6.72. The normalized spacial score (nSPS) is 17.5. The van der Waals surface area contributed by atoms with E-state index in [2.05, 4.69) is 5.32 Å². The van der Waals surface area contributed by atoms with Gasteiger partial charge in [-0.15, -0.1) is 0 Å². The van der Waals surface area contributed by atoms with E-state index in [-0.39, 0.29) is 24.8 Å². The number of carbonyl (C=O) groups excluding carboxylic acids is 2. The summed E-state index contributed by atoms with van der Waals surface area (Å²) < 4.78 is 0. The molecule has 0 aromatic carbocycles. The van der Waals surface area contributed by atoms with Crippen molar-refractivity contribution in [3.63, 3.8) is 0 Å². The predicted octanol–water partition coefficient (Wildman–Crippen LogP) is -0.709. The van der Waals surface area contributed by atoms with Gasteiger partial charge in [0.25, 0.3) is 0 Å². The van der Waals surface area contributed by atoms with E-state index in [1.54, 1.807) is 0 Å². The number of piperidine rings is 1. The molecule has 0 radical (unpaired) electrons. The summed E-state index contributed by atoms with van der Waals surface area (Å²) in [7, 11) is 0. The number of amides is 1. The minimum absolute atomic E-state index is 0.0472. The lowest BCUT2D eigenvalue weighted by Crippen LogP contribution is -2.41. The van der Waals surface area contributed by atoms with Crippen molar-refractivity contribution >= 4 is 11.7 Å². The molecule has 0 aromatic rings. The van der Waals surface area contributed by atoms with Crippen LogP contribution in [-0.2, 0) is 9.59 Å². The molecule has 1 rings (SSSR count). The van der Waals surface area contributed by atoms with Gasteiger partial charge in [-0.3, -0.25) is 14.5 Å². The van der Waals surface area contributed by atoms with E-state index in [9.17, 15) is 9.59 Å². The summed E-state index contributed by atoms with van der Waals surface area (Å²) in [6.45, 7) is 1.64. The third-order valence-corrected chi connectivity index (χ3v) is 2.15. The minimum Gasteiger partial charge on any atom is -0.342 e. The van der Waals surface area contributed by atoms with Crippen LogP contribution in [0.3, 0.4) is 0 Å². The Morgan fingerprint density at radius 1 is 1.50 bits per heavy atom. The van der Waals surface area contributed by atoms with Gasteiger partial charge < -0.3 is 5.32 Å². The molecular formula is C9H13N3O2. The standard InChI is InChI=1S/C9H13N3O2/c10-3-4-11-9(14)7-12-5-1-8(13)2-6-12/h1-2,4-7H2,(H,11,14). The third kappa shape index (κ3) is 3.54. The summed E-state index contributed by atoms with van der Waals surface area (Å²) in [5.41, 5.74) is 0. The molecule has 76 valence electrons. The molecule has 0 atom stereocenters. The number of nitrogens with zero attached hydrogens (tertiary/aromatic N) is 2. The van der Waals surface area contributed by atoms with Crippen molar-refractivity contribution in [1.29, 1.82) is 5.26 Å². The van der Waals surface area contributed by atoms with Crippen LogP contribution >= 0.6 is 0 Å². The Bertz CT molecular complexity index is 260. The summed E-state index contributed by atoms with van der Waals surface area (Å²) in [4.78, 5) is 24.0. The molecule has 1 saturated heterocycles. The number of Topliss-reactive ketones (excluding diaryl/α,β-unsaturated/α-hetero) is 1. The van der Waals surface area contributed by atoms with Gasteiger partial charge in [0.05, 0.1) is 12.6 Å². The fraction of sp³-hybridized carbons (Fsp3) is 0.667. The number of nitriles is 1. The molecule has 0 unspecified atom stereocenters. The van der Waals surface area contributed by atoms with Crippen LogP contribution in [0.1, 0.15) is 12.8 Å². The Morgan fingerprint density at radius 2 is 2.14 bits per heavy atom. The van der Waals surface area contributed by atoms with Gasteiger partial charge in [-0.05, 0) is 0 Å². The number of ketones is 1. The molecule has 0 spiro atoms. The maximum absolute atomic E-state index is 11.2. The molecule has 1 aliphatic rings. The number of hydrogen-bond donors (Lipinski definition) is 1. The second-order valence-electron chi connectivity index (χ2n) is 3.25. The van der Waals surface area contributed by atoms with Crippen molar-refractivity contribution in [2.45, 2.75) is 12.8 Å². The second kappa shape index (κ2) is 5.35. The van der Waals surface area contributed by atoms with Crippen LogP contribution in [0.5, 0.6) is 0 Å². The first-order valence-corrected chi connectivity index (χ1v) is 4.60. The summed E-state index contributed by atoms with van der Waals surface area (Å²) in [5, 5.41) is 10.7. The monoisotopic (exact) mass is 195 g/mol. The Labute approximate surface area is 82.7 Å². The molecule has 0 aromatic heterocycles. The highest BCUT2D eigenvalue weighted by Crippen LogP contribution is 2.04. The lowest BCUT2D eigenvalue weighted by molar-refractivity contribution is -0.126. The zero-order chi connectivity index (χ0) is 10.4. The molecule has 5 nitrogen and oxygen atoms in total. The minimum atomic E-state index is -0.152. The first kappa shape index (κ1) is 10.7. The second-order valence-corrected chi connectivity index (χ2v) is 3.25. The van der Waals surface area contributed by atoms with Crippen molar-refractivity contribution in [2.24, 2.45) is 0 Å². The molecule has 0 saturated carbocycles. The smallest absolute Gasteiger partial charge is 0.235 e. The Kier molecular flexibility index (Phi) is 4.08. The van der Waals surface area contributed by atoms with E-state index in [0.29, 0.717) is 25.9 Å². The summed E-state index contributed by atoms with van der Waals surface area (Å²) in [6, 6.07) is 1.84. The van der Waals surface area contributed by atoms with Gasteiger partial charge in [0.15, 0.2) is 0 Å². The summed E-state index contributed by atoms with van der Waals surface area (Å²) in [6.07, 6.45) is 1.07. The molecule has 1 heterocycles. The van der Waals surface area contributed by atoms with E-state index in [1.165, 1.54) is 0 Å². The predicted molar refractivity (Wildman–Crippen MR) is 49.3 cm³/mol. The van der Waals surface area contributed by atoms with Crippen LogP contribution < -0.4 is 5.32 Å². The summed E-state index contributed by atoms with van der Waals surface area (Å²) in [5.74, 6) is 0.111. The van der Waals surface area contributed by atoms with Crippen LogP contribution in [0.25, 0.3) is 0 Å². The van der Waals surface area contributed by atoms with E-state index in [1.807, 2.05) is 11.0 Å². The molecule has 5 heteroatoms. The third-order valence-electron chi connectivity index (χ3n) is 2.15. The fourth-order valence-corrected chi connectivity index (χ4v) is 1.36. The number of likely N-dealkylation sites (tertiary alicyclic amines) is 1. The molecular weight excluding hydrogens is 182 g/mol. The van der Waals surface area contributed by atoms with Gasteiger partial charge in [-0.2, -0.15) is 5.26 Å². The zero-order valence-electron chi connectivity index (χ0n) is 7.95. The van der Waals surface area contributed by atoms with Gasteiger partial charge in [0.1, 0.15) is 12.3 Å². The Morgan fingerprint density at radius 3 is 2.71 bits per heavy atom. The molecule has 0 aliphatic carbocycles. The largest absolute Gasteiger partial charge is 0.342 e. The van der Waals surface area contributed by atoms with E-state index >= 15 is 0 Å². The number of nitrogens with one attached hydrogen (secondary N) is 1. The number of rotatable bonds is 3. The number of carbonyl (C=O) groups is 2. The van der Waals surface area contributed by atoms with Crippen LogP contribution in [0.4, 0.5) is 0 Å². The highest BCUT2D eigenvalue weighted by molar-refractivity contribution is 5.81. The van der Waals surface area contributed by atoms with Crippen LogP contribution in [-0.4, -0.2) is 42.8 Å². The molecule has 14 heavy (non-hydrogen) atoms. The molecule has 1 fully saturated rings. The maximum Gasteiger partial charge on any atom is 0.235 e. The average Bonchev–Trinajstić information content (AvgIpc) is 2.18. The van der Waals surface area contributed by atoms with E-state index in [4.69, 9.17) is 5.26 Å². The van der Waals surface area contributed by atoms with Crippen molar-refractivity contribution < 1.29 is 9.59 Å². The Hall–Kier alpha value is -1.41. The van der Waals surface area contributed by atoms with Gasteiger partial charge >= 0.3 is 0 Å². The topological polar surface area (TPSA) is 73.2 Å². The highest BCUT2D eigenvalue weighted by atomic mass is 16.2. The van der Waals surface area contributed by atoms with Crippen LogP contribution in [0, 0.1) is 11.3 Å². The van der Waals surface area contributed by atoms with Gasteiger partial charge in [-0.1, -0.05) is 0 Å². The van der Waals surface area contributed by atoms with E-state index < -0.39 is 0 Å². The highest BCUT2D eigenvalue weighted by Gasteiger charge is 2.17. The van der Waals surface area contributed by atoms with Crippen molar-refractivity contribution in [2.75, 3.05) is 26.2 Å². The van der Waals surface area contributed by atoms with Gasteiger partial charge in [0, 0.05) is 25.9 Å². The summed E-state index contributed by atoms with van der Waals surface area (Å²) >= 11 is 0. The van der Waals surface area contributed by atoms with Crippen molar-refractivity contribution in [3.8, 4) is 6.07 Å². The van der Waals surface area contributed by atoms with E-state index in [0.717, 1.165) is 0 Å². The zero-order valence-corrected chi connectivity index (χ0v) is 7.95. The number of hydrogen-bond acceptors (Lipinski definition) is 4. The van der Waals surface area contributed by atoms with Crippen LogP contribution in [0.15, 0.2) is 0 Å². The Balaban J connectivity index is 2.21. The molecule has 1 amide bonds. The average molecular weight is 195 g/mol. The molecule has 0 bridgehead atoms. The van der Waals surface area contributed by atoms with Crippen molar-refractivity contribution in [3.05, 3.63) is 0 Å². The van der Waals surface area contributed by atoms with Crippen LogP contribution in [0.2, 0.25) is 0 Å². The lowest BCUT2D eigenvalue weighted by atomic mass is 10.1. The quantitative estimate of drug-likeness (QED) is 0.604. The maximum atomic E-state index is 11.2. The molecule has 1 N–H and O–H groups in total. The van der Waals surface area contributed by atoms with Gasteiger partial charge in [0.2, 0.25) is 5.91 Å². The molecule has 1 aliphatic heterocycles.